The Balaban J connectivity index is 0.00000102. The minimum atomic E-state index is -4.96. The van der Waals surface area contributed by atoms with Gasteiger partial charge in [-0.15, -0.1) is 0 Å². The fourth-order valence-electron chi connectivity index (χ4n) is 5.41. The zero-order valence-corrected chi connectivity index (χ0v) is 29.7. The second kappa shape index (κ2) is 18.6. The zero-order chi connectivity index (χ0) is 35.3. The number of alkyl halides is 3. The number of rotatable bonds is 7. The molecule has 0 spiro atoms. The second-order valence-corrected chi connectivity index (χ2v) is 11.9. The first-order chi connectivity index (χ1) is 22.5. The standard InChI is InChI=1S/C31H30F3NO4S.C2H7N.2C2H6/c1-19-16-24(22-9-10-22)11-14-28(19)35-20(2)17-25-18-26(39-40(37)31(32,33)34)12-13-27(25)30(35)23-7-4-21(5-8-23)6-15-29(36)38-3;1-3-2;2*1-2/h4-8,11-16,18,20,22,30H,9-10,17H2,1-3H3;3H,1-2H3;2*1-2H3/b15-6+;;;/t20-,30?,40?;;;/m1.../s1. The van der Waals surface area contributed by atoms with Gasteiger partial charge in [-0.25, -0.2) is 9.00 Å². The summed E-state index contributed by atoms with van der Waals surface area (Å²) in [5, 5.41) is 2.75. The van der Waals surface area contributed by atoms with Gasteiger partial charge in [0.2, 0.25) is 0 Å². The van der Waals surface area contributed by atoms with Gasteiger partial charge in [0.15, 0.2) is 0 Å². The number of carbonyl (C=O) groups excluding carboxylic acids is 1. The summed E-state index contributed by atoms with van der Waals surface area (Å²) in [6.45, 7) is 12.2. The lowest BCUT2D eigenvalue weighted by atomic mass is 9.84. The van der Waals surface area contributed by atoms with Gasteiger partial charge in [0, 0.05) is 17.8 Å². The fourth-order valence-corrected chi connectivity index (χ4v) is 5.78. The SMILES string of the molecule is CC.CC.CNC.COC(=O)/C=C/c1ccc(C2c3ccc(OS(=O)C(F)(F)F)cc3C[C@@H](C)N2c2ccc(C3CC3)cc2C)cc1. The van der Waals surface area contributed by atoms with Crippen LogP contribution in [0.25, 0.3) is 6.08 Å². The number of fused-ring (bicyclic) bond motifs is 1. The molecule has 6 nitrogen and oxygen atoms in total. The summed E-state index contributed by atoms with van der Waals surface area (Å²) in [4.78, 5) is 13.9. The van der Waals surface area contributed by atoms with Crippen LogP contribution in [0, 0.1) is 6.92 Å². The summed E-state index contributed by atoms with van der Waals surface area (Å²) < 4.78 is 59.6. The third-order valence-electron chi connectivity index (χ3n) is 7.45. The predicted octanol–water partition coefficient (Wildman–Crippen LogP) is 9.05. The number of hydrogen-bond donors (Lipinski definition) is 1. The Hall–Kier alpha value is -3.63. The van der Waals surface area contributed by atoms with Gasteiger partial charge in [0.05, 0.1) is 13.2 Å². The number of anilines is 1. The second-order valence-electron chi connectivity index (χ2n) is 10.8. The third kappa shape index (κ3) is 10.7. The summed E-state index contributed by atoms with van der Waals surface area (Å²) >= 11 is -3.44. The average Bonchev–Trinajstić information content (AvgIpc) is 3.91. The Labute approximate surface area is 281 Å². The highest BCUT2D eigenvalue weighted by Gasteiger charge is 2.40. The summed E-state index contributed by atoms with van der Waals surface area (Å²) in [6.07, 6.45) is 6.04. The molecule has 3 aromatic carbocycles. The number of carbonyl (C=O) groups is 1. The van der Waals surface area contributed by atoms with Crippen molar-refractivity contribution in [2.75, 3.05) is 26.1 Å². The number of halogens is 3. The lowest BCUT2D eigenvalue weighted by Crippen LogP contribution is -2.43. The Bertz CT molecular complexity index is 1490. The Kier molecular flexibility index (Phi) is 15.7. The molecule has 47 heavy (non-hydrogen) atoms. The van der Waals surface area contributed by atoms with E-state index < -0.39 is 22.6 Å². The first-order valence-electron chi connectivity index (χ1n) is 16.1. The first kappa shape index (κ1) is 39.5. The molecule has 1 heterocycles. The Morgan fingerprint density at radius 2 is 1.55 bits per heavy atom. The van der Waals surface area contributed by atoms with Crippen molar-refractivity contribution >= 4 is 28.8 Å². The summed E-state index contributed by atoms with van der Waals surface area (Å²) in [5.41, 5.74) is 2.25. The molecule has 258 valence electrons. The molecule has 5 rings (SSSR count). The highest BCUT2D eigenvalue weighted by molar-refractivity contribution is 7.81. The summed E-state index contributed by atoms with van der Waals surface area (Å²) in [7, 11) is 5.07. The molecule has 0 bridgehead atoms. The van der Waals surface area contributed by atoms with Crippen molar-refractivity contribution < 1.29 is 31.1 Å². The zero-order valence-electron chi connectivity index (χ0n) is 28.9. The van der Waals surface area contributed by atoms with Crippen LogP contribution in [0.5, 0.6) is 5.75 Å². The largest absolute Gasteiger partial charge is 0.508 e. The highest BCUT2D eigenvalue weighted by atomic mass is 32.2. The number of ether oxygens (including phenoxy) is 1. The van der Waals surface area contributed by atoms with Crippen LogP contribution in [-0.4, -0.2) is 42.9 Å². The lowest BCUT2D eigenvalue weighted by Gasteiger charge is -2.45. The fraction of sp³-hybridized carbons (Fsp3) is 0.432. The molecule has 0 aromatic heterocycles. The predicted molar refractivity (Wildman–Crippen MR) is 187 cm³/mol. The summed E-state index contributed by atoms with van der Waals surface area (Å²) in [5.74, 6) is 0.108. The van der Waals surface area contributed by atoms with Crippen LogP contribution in [0.4, 0.5) is 18.9 Å². The van der Waals surface area contributed by atoms with Gasteiger partial charge in [-0.1, -0.05) is 70.2 Å². The maximum absolute atomic E-state index is 12.9. The van der Waals surface area contributed by atoms with Gasteiger partial charge in [-0.05, 0) is 111 Å². The van der Waals surface area contributed by atoms with Crippen molar-refractivity contribution in [3.05, 3.63) is 100 Å². The highest BCUT2D eigenvalue weighted by Crippen LogP contribution is 2.45. The smallest absolute Gasteiger partial charge is 0.466 e. The molecule has 1 aliphatic carbocycles. The van der Waals surface area contributed by atoms with E-state index in [1.807, 2.05) is 66.1 Å². The van der Waals surface area contributed by atoms with E-state index >= 15 is 0 Å². The van der Waals surface area contributed by atoms with E-state index in [0.29, 0.717) is 12.3 Å². The molecule has 1 saturated carbocycles. The number of aryl methyl sites for hydroxylation is 1. The molecular weight excluding hydrogens is 625 g/mol. The van der Waals surface area contributed by atoms with Crippen molar-refractivity contribution in [3.8, 4) is 5.75 Å². The molecule has 1 fully saturated rings. The number of benzene rings is 3. The number of nitrogens with zero attached hydrogens (tertiary/aromatic N) is 1. The van der Waals surface area contributed by atoms with Gasteiger partial charge in [-0.3, -0.25) is 0 Å². The minimum absolute atomic E-state index is 0.00485. The van der Waals surface area contributed by atoms with E-state index in [1.54, 1.807) is 18.2 Å². The molecule has 0 amide bonds. The van der Waals surface area contributed by atoms with Crippen LogP contribution in [0.3, 0.4) is 0 Å². The Morgan fingerprint density at radius 3 is 2.09 bits per heavy atom. The normalized spacial score (nSPS) is 17.5. The number of esters is 1. The van der Waals surface area contributed by atoms with Crippen LogP contribution in [0.15, 0.2) is 66.7 Å². The number of methoxy groups -OCH3 is 1. The van der Waals surface area contributed by atoms with Crippen LogP contribution >= 0.6 is 0 Å². The molecule has 2 unspecified atom stereocenters. The maximum Gasteiger partial charge on any atom is 0.508 e. The number of hydrogen-bond acceptors (Lipinski definition) is 6. The molecule has 1 aliphatic heterocycles. The minimum Gasteiger partial charge on any atom is -0.466 e. The van der Waals surface area contributed by atoms with Crippen LogP contribution in [-0.2, 0) is 27.0 Å². The van der Waals surface area contributed by atoms with Crippen molar-refractivity contribution in [2.45, 2.75) is 84.3 Å². The van der Waals surface area contributed by atoms with E-state index in [4.69, 9.17) is 4.18 Å². The molecule has 0 radical (unpaired) electrons. The van der Waals surface area contributed by atoms with Gasteiger partial charge in [-0.2, -0.15) is 13.2 Å². The van der Waals surface area contributed by atoms with Crippen LogP contribution in [0.2, 0.25) is 0 Å². The van der Waals surface area contributed by atoms with E-state index in [-0.39, 0.29) is 17.8 Å². The van der Waals surface area contributed by atoms with E-state index in [1.165, 1.54) is 43.2 Å². The monoisotopic (exact) mass is 674 g/mol. The van der Waals surface area contributed by atoms with Gasteiger partial charge in [0.25, 0.3) is 0 Å². The molecule has 3 aromatic rings. The quantitative estimate of drug-likeness (QED) is 0.199. The average molecular weight is 675 g/mol. The third-order valence-corrected chi connectivity index (χ3v) is 8.17. The van der Waals surface area contributed by atoms with Crippen molar-refractivity contribution in [3.63, 3.8) is 0 Å². The van der Waals surface area contributed by atoms with Gasteiger partial charge >= 0.3 is 22.6 Å². The van der Waals surface area contributed by atoms with E-state index in [2.05, 4.69) is 47.0 Å². The van der Waals surface area contributed by atoms with Crippen molar-refractivity contribution in [1.82, 2.24) is 5.32 Å². The molecule has 2 aliphatic rings. The lowest BCUT2D eigenvalue weighted by molar-refractivity contribution is -0.134. The van der Waals surface area contributed by atoms with E-state index in [9.17, 15) is 22.2 Å². The topological polar surface area (TPSA) is 67.9 Å². The van der Waals surface area contributed by atoms with Crippen LogP contribution < -0.4 is 14.4 Å². The first-order valence-corrected chi connectivity index (χ1v) is 17.2. The molecule has 3 atom stereocenters. The molecule has 10 heteroatoms. The van der Waals surface area contributed by atoms with Gasteiger partial charge < -0.3 is 19.1 Å². The van der Waals surface area contributed by atoms with Crippen LogP contribution in [0.1, 0.15) is 92.8 Å². The summed E-state index contributed by atoms with van der Waals surface area (Å²) in [6, 6.07) is 19.0. The van der Waals surface area contributed by atoms with Crippen molar-refractivity contribution in [2.24, 2.45) is 0 Å². The Morgan fingerprint density at radius 1 is 0.957 bits per heavy atom. The maximum atomic E-state index is 12.9. The number of nitrogens with one attached hydrogen (secondary N) is 1. The molecule has 0 saturated heterocycles. The van der Waals surface area contributed by atoms with E-state index in [0.717, 1.165) is 27.9 Å². The molecule has 1 N–H and O–H groups in total. The molecular formula is C37H49F3N2O4S. The van der Waals surface area contributed by atoms with Gasteiger partial charge in [0.1, 0.15) is 5.75 Å². The van der Waals surface area contributed by atoms with Crippen molar-refractivity contribution in [1.29, 1.82) is 0 Å².